The zero-order chi connectivity index (χ0) is 27.3. The first kappa shape index (κ1) is 28.1. The second-order valence-corrected chi connectivity index (χ2v) is 13.1. The van der Waals surface area contributed by atoms with E-state index in [9.17, 15) is 24.3 Å². The molecular weight excluding hydrogens is 492 g/mol. The standard InChI is InChI=1S/C29H40O7S/c1-15(2)25(33)36-27(37-6)26(34)35-14-23(32)20-8-7-19-18-11-16(3)21-12-17(30)9-10-28(21,4)24(18)22(31)13-29(19,20)5/h9-10,12,15-16,18-20,22,24,27,31H,7-8,11,13-14H2,1-6H3/t16-,18-,19-,20+,22-,24+,27?,28-,29-/m0/s1. The maximum atomic E-state index is 13.4. The lowest BCUT2D eigenvalue weighted by atomic mass is 9.45. The number of thioether (sulfide) groups is 1. The Balaban J connectivity index is 1.47. The Labute approximate surface area is 223 Å². The predicted octanol–water partition coefficient (Wildman–Crippen LogP) is 4.13. The van der Waals surface area contributed by atoms with Crippen molar-refractivity contribution in [3.63, 3.8) is 0 Å². The zero-order valence-electron chi connectivity index (χ0n) is 22.7. The predicted molar refractivity (Wildman–Crippen MR) is 140 cm³/mol. The van der Waals surface area contributed by atoms with Crippen molar-refractivity contribution in [1.29, 1.82) is 0 Å². The van der Waals surface area contributed by atoms with Gasteiger partial charge in [-0.15, -0.1) is 11.8 Å². The van der Waals surface area contributed by atoms with E-state index >= 15 is 0 Å². The molecule has 0 heterocycles. The van der Waals surface area contributed by atoms with E-state index in [-0.39, 0.29) is 59.1 Å². The molecule has 4 aliphatic rings. The Morgan fingerprint density at radius 3 is 2.54 bits per heavy atom. The van der Waals surface area contributed by atoms with Crippen LogP contribution in [0.3, 0.4) is 0 Å². The van der Waals surface area contributed by atoms with Gasteiger partial charge in [-0.2, -0.15) is 0 Å². The molecule has 9 atom stereocenters. The summed E-state index contributed by atoms with van der Waals surface area (Å²) in [5.41, 5.74) is -0.745. The highest BCUT2D eigenvalue weighted by Gasteiger charge is 2.63. The average Bonchev–Trinajstić information content (AvgIpc) is 3.18. The monoisotopic (exact) mass is 532 g/mol. The molecule has 0 aliphatic heterocycles. The number of carbonyl (C=O) groups excluding carboxylic acids is 4. The number of ether oxygens (including phenoxy) is 2. The first-order chi connectivity index (χ1) is 17.3. The molecule has 0 spiro atoms. The minimum atomic E-state index is -1.10. The summed E-state index contributed by atoms with van der Waals surface area (Å²) in [4.78, 5) is 49.9. The second kappa shape index (κ2) is 10.3. The fraction of sp³-hybridized carbons (Fsp3) is 0.724. The van der Waals surface area contributed by atoms with Crippen molar-refractivity contribution in [2.24, 2.45) is 46.3 Å². The molecule has 8 heteroatoms. The number of allylic oxidation sites excluding steroid dienone is 4. The van der Waals surface area contributed by atoms with Crippen LogP contribution in [0.25, 0.3) is 0 Å². The van der Waals surface area contributed by atoms with Crippen molar-refractivity contribution in [2.45, 2.75) is 71.8 Å². The highest BCUT2D eigenvalue weighted by Crippen LogP contribution is 2.66. The Morgan fingerprint density at radius 2 is 1.89 bits per heavy atom. The van der Waals surface area contributed by atoms with Crippen LogP contribution in [-0.4, -0.2) is 53.0 Å². The van der Waals surface area contributed by atoms with Gasteiger partial charge in [0.15, 0.2) is 11.6 Å². The maximum Gasteiger partial charge on any atom is 0.358 e. The number of carbonyl (C=O) groups is 4. The lowest BCUT2D eigenvalue weighted by molar-refractivity contribution is -0.165. The van der Waals surface area contributed by atoms with Crippen LogP contribution in [0.4, 0.5) is 0 Å². The topological polar surface area (TPSA) is 107 Å². The van der Waals surface area contributed by atoms with Crippen LogP contribution in [-0.2, 0) is 28.7 Å². The largest absolute Gasteiger partial charge is 0.454 e. The molecule has 3 fully saturated rings. The summed E-state index contributed by atoms with van der Waals surface area (Å²) in [7, 11) is 0. The van der Waals surface area contributed by atoms with E-state index in [1.165, 1.54) is 0 Å². The Hall–Kier alpha value is -1.93. The third kappa shape index (κ3) is 4.84. The highest BCUT2D eigenvalue weighted by atomic mass is 32.2. The Morgan fingerprint density at radius 1 is 1.19 bits per heavy atom. The number of rotatable bonds is 7. The van der Waals surface area contributed by atoms with Gasteiger partial charge in [0.25, 0.3) is 0 Å². The molecular formula is C29H40O7S. The van der Waals surface area contributed by atoms with Gasteiger partial charge >= 0.3 is 11.9 Å². The van der Waals surface area contributed by atoms with Crippen LogP contribution < -0.4 is 0 Å². The number of esters is 2. The molecule has 0 amide bonds. The van der Waals surface area contributed by atoms with Crippen molar-refractivity contribution >= 4 is 35.3 Å². The second-order valence-electron chi connectivity index (χ2n) is 12.2. The van der Waals surface area contributed by atoms with Gasteiger partial charge in [0.1, 0.15) is 6.61 Å². The van der Waals surface area contributed by atoms with Crippen LogP contribution in [0.5, 0.6) is 0 Å². The van der Waals surface area contributed by atoms with E-state index < -0.39 is 28.9 Å². The van der Waals surface area contributed by atoms with E-state index in [1.807, 2.05) is 6.08 Å². The molecule has 0 bridgehead atoms. The van der Waals surface area contributed by atoms with Gasteiger partial charge in [0, 0.05) is 17.3 Å². The quantitative estimate of drug-likeness (QED) is 0.385. The number of fused-ring (bicyclic) bond motifs is 5. The summed E-state index contributed by atoms with van der Waals surface area (Å²) in [6.07, 6.45) is 9.41. The lowest BCUT2D eigenvalue weighted by Gasteiger charge is -2.60. The van der Waals surface area contributed by atoms with Crippen molar-refractivity contribution in [1.82, 2.24) is 0 Å². The van der Waals surface area contributed by atoms with Gasteiger partial charge in [0.05, 0.1) is 12.0 Å². The third-order valence-electron chi connectivity index (χ3n) is 9.66. The Kier molecular flexibility index (Phi) is 7.84. The van der Waals surface area contributed by atoms with Crippen molar-refractivity contribution < 1.29 is 33.8 Å². The average molecular weight is 533 g/mol. The van der Waals surface area contributed by atoms with Crippen LogP contribution in [0.15, 0.2) is 23.8 Å². The van der Waals surface area contributed by atoms with E-state index in [4.69, 9.17) is 9.47 Å². The number of hydrogen-bond acceptors (Lipinski definition) is 8. The molecule has 3 saturated carbocycles. The smallest absolute Gasteiger partial charge is 0.358 e. The highest BCUT2D eigenvalue weighted by molar-refractivity contribution is 7.99. The number of Topliss-reactive ketones (excluding diaryl/α,β-unsaturated/α-hetero) is 1. The van der Waals surface area contributed by atoms with Gasteiger partial charge in [-0.25, -0.2) is 4.79 Å². The molecule has 0 radical (unpaired) electrons. The molecule has 1 N–H and O–H groups in total. The summed E-state index contributed by atoms with van der Waals surface area (Å²) < 4.78 is 10.5. The van der Waals surface area contributed by atoms with E-state index in [2.05, 4.69) is 20.8 Å². The molecule has 0 aromatic carbocycles. The van der Waals surface area contributed by atoms with E-state index in [0.717, 1.165) is 30.2 Å². The number of hydrogen-bond donors (Lipinski definition) is 1. The van der Waals surface area contributed by atoms with Crippen molar-refractivity contribution in [2.75, 3.05) is 12.9 Å². The summed E-state index contributed by atoms with van der Waals surface area (Å²) in [5, 5.41) is 11.5. The van der Waals surface area contributed by atoms with Crippen LogP contribution in [0.1, 0.15) is 60.3 Å². The zero-order valence-corrected chi connectivity index (χ0v) is 23.5. The molecule has 0 saturated heterocycles. The molecule has 0 aromatic heterocycles. The van der Waals surface area contributed by atoms with Crippen molar-refractivity contribution in [3.8, 4) is 0 Å². The molecule has 7 nitrogen and oxygen atoms in total. The van der Waals surface area contributed by atoms with Gasteiger partial charge in [-0.3, -0.25) is 14.4 Å². The summed E-state index contributed by atoms with van der Waals surface area (Å²) in [6, 6.07) is 0. The fourth-order valence-electron chi connectivity index (χ4n) is 8.02. The van der Waals surface area contributed by atoms with Crippen LogP contribution in [0.2, 0.25) is 0 Å². The lowest BCUT2D eigenvalue weighted by Crippen LogP contribution is -2.57. The molecule has 1 unspecified atom stereocenters. The normalized spacial score (nSPS) is 39.2. The first-order valence-electron chi connectivity index (χ1n) is 13.4. The van der Waals surface area contributed by atoms with Crippen LogP contribution in [0, 0.1) is 46.3 Å². The molecule has 37 heavy (non-hydrogen) atoms. The minimum absolute atomic E-state index is 0.00188. The van der Waals surface area contributed by atoms with Gasteiger partial charge in [-0.1, -0.05) is 46.3 Å². The van der Waals surface area contributed by atoms with E-state index in [0.29, 0.717) is 12.8 Å². The van der Waals surface area contributed by atoms with Crippen molar-refractivity contribution in [3.05, 3.63) is 23.8 Å². The molecule has 204 valence electrons. The summed E-state index contributed by atoms with van der Waals surface area (Å²) in [6.45, 7) is 9.43. The molecule has 4 rings (SSSR count). The Bertz CT molecular complexity index is 1030. The summed E-state index contributed by atoms with van der Waals surface area (Å²) in [5.74, 6) is -1.31. The number of aliphatic hydroxyl groups is 1. The first-order valence-corrected chi connectivity index (χ1v) is 14.7. The maximum absolute atomic E-state index is 13.4. The van der Waals surface area contributed by atoms with Gasteiger partial charge in [0.2, 0.25) is 5.44 Å². The minimum Gasteiger partial charge on any atom is -0.454 e. The summed E-state index contributed by atoms with van der Waals surface area (Å²) >= 11 is 1.05. The van der Waals surface area contributed by atoms with Crippen LogP contribution >= 0.6 is 11.8 Å². The third-order valence-corrected chi connectivity index (χ3v) is 10.4. The SMILES string of the molecule is CSC(OC(=O)C(C)C)C(=O)OCC(=O)[C@H]1CC[C@H]2[C@@H]3C[C@H](C)C4=CC(=O)C=C[C@]4(C)[C@H]3[C@@H](O)C[C@]12C. The number of aliphatic hydroxyl groups excluding tert-OH is 1. The molecule has 0 aromatic rings. The van der Waals surface area contributed by atoms with Gasteiger partial charge < -0.3 is 14.6 Å². The number of ketones is 2. The van der Waals surface area contributed by atoms with E-state index in [1.54, 1.807) is 32.3 Å². The van der Waals surface area contributed by atoms with Gasteiger partial charge in [-0.05, 0) is 67.3 Å². The molecule has 4 aliphatic carbocycles. The fourth-order valence-corrected chi connectivity index (χ4v) is 8.47.